The van der Waals surface area contributed by atoms with Gasteiger partial charge >= 0.3 is 0 Å². The fraction of sp³-hybridized carbons (Fsp3) is 0.625. The first kappa shape index (κ1) is 14.2. The van der Waals surface area contributed by atoms with E-state index in [1.807, 2.05) is 0 Å². The molecule has 1 unspecified atom stereocenters. The lowest BCUT2D eigenvalue weighted by atomic mass is 9.90. The predicted molar refractivity (Wildman–Crippen MR) is 76.7 cm³/mol. The maximum absolute atomic E-state index is 3.47. The molecule has 0 fully saturated rings. The highest BCUT2D eigenvalue weighted by Crippen LogP contribution is 2.21. The maximum atomic E-state index is 3.47. The summed E-state index contributed by atoms with van der Waals surface area (Å²) in [5.41, 5.74) is 5.85. The molecule has 1 aromatic carbocycles. The van der Waals surface area contributed by atoms with Crippen LogP contribution in [-0.4, -0.2) is 13.1 Å². The first-order valence-corrected chi connectivity index (χ1v) is 6.85. The summed E-state index contributed by atoms with van der Waals surface area (Å²) in [5.74, 6) is 0.759. The van der Waals surface area contributed by atoms with E-state index in [0.717, 1.165) is 19.0 Å². The Kier molecular flexibility index (Phi) is 5.70. The van der Waals surface area contributed by atoms with Crippen molar-refractivity contribution < 1.29 is 0 Å². The molecule has 0 heterocycles. The van der Waals surface area contributed by atoms with E-state index in [1.54, 1.807) is 5.56 Å². The minimum absolute atomic E-state index is 0.759. The van der Waals surface area contributed by atoms with Crippen LogP contribution in [0.4, 0.5) is 0 Å². The quantitative estimate of drug-likeness (QED) is 0.788. The lowest BCUT2D eigenvalue weighted by molar-refractivity contribution is 0.466. The molecule has 0 saturated carbocycles. The summed E-state index contributed by atoms with van der Waals surface area (Å²) in [4.78, 5) is 0. The molecule has 1 N–H and O–H groups in total. The highest BCUT2D eigenvalue weighted by atomic mass is 14.8. The van der Waals surface area contributed by atoms with Crippen molar-refractivity contribution in [1.29, 1.82) is 0 Å². The van der Waals surface area contributed by atoms with E-state index >= 15 is 0 Å². The van der Waals surface area contributed by atoms with Crippen molar-refractivity contribution in [1.82, 2.24) is 5.32 Å². The molecule has 1 rings (SSSR count). The lowest BCUT2D eigenvalue weighted by Gasteiger charge is -2.19. The van der Waals surface area contributed by atoms with Crippen LogP contribution < -0.4 is 5.32 Å². The SMILES string of the molecule is CCNCC(CC)Cc1c(C)cc(C)cc1C. The van der Waals surface area contributed by atoms with Crippen LogP contribution in [-0.2, 0) is 6.42 Å². The second-order valence-corrected chi connectivity index (χ2v) is 5.16. The summed E-state index contributed by atoms with van der Waals surface area (Å²) in [5, 5.41) is 3.47. The Morgan fingerprint density at radius 1 is 1.06 bits per heavy atom. The molecule has 1 aromatic rings. The molecule has 1 nitrogen and oxygen atoms in total. The third-order valence-electron chi connectivity index (χ3n) is 3.59. The van der Waals surface area contributed by atoms with E-state index in [4.69, 9.17) is 0 Å². The molecule has 1 atom stereocenters. The molecule has 0 radical (unpaired) electrons. The van der Waals surface area contributed by atoms with Crippen molar-refractivity contribution in [2.75, 3.05) is 13.1 Å². The van der Waals surface area contributed by atoms with Gasteiger partial charge in [-0.15, -0.1) is 0 Å². The van der Waals surface area contributed by atoms with Gasteiger partial charge in [-0.3, -0.25) is 0 Å². The Morgan fingerprint density at radius 2 is 1.65 bits per heavy atom. The Hall–Kier alpha value is -0.820. The minimum Gasteiger partial charge on any atom is -0.317 e. The molecule has 0 saturated heterocycles. The number of benzene rings is 1. The monoisotopic (exact) mass is 233 g/mol. The Bertz CT molecular complexity index is 332. The first-order chi connectivity index (χ1) is 8.08. The van der Waals surface area contributed by atoms with Crippen LogP contribution in [0.3, 0.4) is 0 Å². The second-order valence-electron chi connectivity index (χ2n) is 5.16. The summed E-state index contributed by atoms with van der Waals surface area (Å²) in [6.45, 7) is 13.3. The van der Waals surface area contributed by atoms with Gasteiger partial charge in [0.2, 0.25) is 0 Å². The van der Waals surface area contributed by atoms with Crippen molar-refractivity contribution in [2.45, 2.75) is 47.5 Å². The van der Waals surface area contributed by atoms with Gasteiger partial charge in [0.1, 0.15) is 0 Å². The summed E-state index contributed by atoms with van der Waals surface area (Å²) in [6.07, 6.45) is 2.46. The number of nitrogens with one attached hydrogen (secondary N) is 1. The highest BCUT2D eigenvalue weighted by Gasteiger charge is 2.11. The molecule has 1 heteroatoms. The van der Waals surface area contributed by atoms with Crippen LogP contribution in [0.15, 0.2) is 12.1 Å². The first-order valence-electron chi connectivity index (χ1n) is 6.85. The highest BCUT2D eigenvalue weighted by molar-refractivity contribution is 5.37. The van der Waals surface area contributed by atoms with Gasteiger partial charge in [-0.2, -0.15) is 0 Å². The average Bonchev–Trinajstić information content (AvgIpc) is 2.27. The molecule has 0 aliphatic heterocycles. The predicted octanol–water partition coefficient (Wildman–Crippen LogP) is 3.79. The molecule has 96 valence electrons. The van der Waals surface area contributed by atoms with E-state index in [0.29, 0.717) is 0 Å². The minimum atomic E-state index is 0.759. The van der Waals surface area contributed by atoms with E-state index in [1.165, 1.54) is 29.5 Å². The van der Waals surface area contributed by atoms with Crippen LogP contribution >= 0.6 is 0 Å². The lowest BCUT2D eigenvalue weighted by Crippen LogP contribution is -2.24. The second kappa shape index (κ2) is 6.80. The number of rotatable bonds is 6. The molecule has 0 aromatic heterocycles. The standard InChI is InChI=1S/C16H27N/c1-6-15(11-17-7-2)10-16-13(4)8-12(3)9-14(16)5/h8-9,15,17H,6-7,10-11H2,1-5H3. The number of aryl methyl sites for hydroxylation is 3. The average molecular weight is 233 g/mol. The van der Waals surface area contributed by atoms with Crippen molar-refractivity contribution in [3.05, 3.63) is 34.4 Å². The van der Waals surface area contributed by atoms with Crippen molar-refractivity contribution in [3.8, 4) is 0 Å². The molecule has 0 bridgehead atoms. The third kappa shape index (κ3) is 4.16. The van der Waals surface area contributed by atoms with Gasteiger partial charge in [0.05, 0.1) is 0 Å². The van der Waals surface area contributed by atoms with Gasteiger partial charge in [-0.05, 0) is 62.9 Å². The molecule has 0 amide bonds. The summed E-state index contributed by atoms with van der Waals surface area (Å²) >= 11 is 0. The Labute approximate surface area is 107 Å². The molecular formula is C16H27N. The van der Waals surface area contributed by atoms with Crippen LogP contribution in [0.1, 0.15) is 42.5 Å². The summed E-state index contributed by atoms with van der Waals surface area (Å²) < 4.78 is 0. The summed E-state index contributed by atoms with van der Waals surface area (Å²) in [6, 6.07) is 4.62. The van der Waals surface area contributed by atoms with E-state index < -0.39 is 0 Å². The zero-order chi connectivity index (χ0) is 12.8. The van der Waals surface area contributed by atoms with Crippen LogP contribution in [0.2, 0.25) is 0 Å². The van der Waals surface area contributed by atoms with Gasteiger partial charge in [-0.25, -0.2) is 0 Å². The van der Waals surface area contributed by atoms with Crippen LogP contribution in [0.5, 0.6) is 0 Å². The molecule has 0 aliphatic carbocycles. The third-order valence-corrected chi connectivity index (χ3v) is 3.59. The van der Waals surface area contributed by atoms with Crippen molar-refractivity contribution in [3.63, 3.8) is 0 Å². The smallest absolute Gasteiger partial charge is 0.00175 e. The normalized spacial score (nSPS) is 12.8. The Morgan fingerprint density at radius 3 is 2.12 bits per heavy atom. The fourth-order valence-electron chi connectivity index (χ4n) is 2.53. The fourth-order valence-corrected chi connectivity index (χ4v) is 2.53. The van der Waals surface area contributed by atoms with Gasteiger partial charge in [0.15, 0.2) is 0 Å². The Balaban J connectivity index is 2.78. The largest absolute Gasteiger partial charge is 0.317 e. The van der Waals surface area contributed by atoms with Crippen LogP contribution in [0, 0.1) is 26.7 Å². The number of hydrogen-bond acceptors (Lipinski definition) is 1. The zero-order valence-electron chi connectivity index (χ0n) is 12.1. The van der Waals surface area contributed by atoms with Crippen molar-refractivity contribution >= 4 is 0 Å². The van der Waals surface area contributed by atoms with Crippen LogP contribution in [0.25, 0.3) is 0 Å². The zero-order valence-corrected chi connectivity index (χ0v) is 12.1. The molecule has 0 aliphatic rings. The topological polar surface area (TPSA) is 12.0 Å². The van der Waals surface area contributed by atoms with Gasteiger partial charge < -0.3 is 5.32 Å². The van der Waals surface area contributed by atoms with Crippen molar-refractivity contribution in [2.24, 2.45) is 5.92 Å². The van der Waals surface area contributed by atoms with Gasteiger partial charge in [0.25, 0.3) is 0 Å². The van der Waals surface area contributed by atoms with Gasteiger partial charge in [0, 0.05) is 0 Å². The molecular weight excluding hydrogens is 206 g/mol. The molecule has 17 heavy (non-hydrogen) atoms. The molecule has 0 spiro atoms. The van der Waals surface area contributed by atoms with E-state index in [9.17, 15) is 0 Å². The summed E-state index contributed by atoms with van der Waals surface area (Å²) in [7, 11) is 0. The maximum Gasteiger partial charge on any atom is -0.00175 e. The van der Waals surface area contributed by atoms with Gasteiger partial charge in [-0.1, -0.05) is 38.0 Å². The van der Waals surface area contributed by atoms with E-state index in [2.05, 4.69) is 52.1 Å². The van der Waals surface area contributed by atoms with E-state index in [-0.39, 0.29) is 0 Å². The number of hydrogen-bond donors (Lipinski definition) is 1.